The van der Waals surface area contributed by atoms with E-state index in [1.807, 2.05) is 38.1 Å². The van der Waals surface area contributed by atoms with Crippen LogP contribution in [0.25, 0.3) is 0 Å². The van der Waals surface area contributed by atoms with Gasteiger partial charge in [-0.05, 0) is 80.9 Å². The second-order valence-corrected chi connectivity index (χ2v) is 12.6. The van der Waals surface area contributed by atoms with Gasteiger partial charge in [0.2, 0.25) is 11.8 Å². The Morgan fingerprint density at radius 3 is 2.18 bits per heavy atom. The summed E-state index contributed by atoms with van der Waals surface area (Å²) in [6.45, 7) is 4.80. The predicted molar refractivity (Wildman–Crippen MR) is 155 cm³/mol. The van der Waals surface area contributed by atoms with E-state index < -0.39 is 28.5 Å². The van der Waals surface area contributed by atoms with Crippen LogP contribution >= 0.6 is 39.1 Å². The van der Waals surface area contributed by atoms with Crippen LogP contribution in [0.3, 0.4) is 0 Å². The van der Waals surface area contributed by atoms with Crippen LogP contribution in [0, 0.1) is 0 Å². The lowest BCUT2D eigenvalue weighted by Gasteiger charge is -2.32. The highest BCUT2D eigenvalue weighted by molar-refractivity contribution is 9.10. The van der Waals surface area contributed by atoms with Crippen molar-refractivity contribution in [3.63, 3.8) is 0 Å². The number of benzene rings is 3. The molecule has 0 aliphatic carbocycles. The van der Waals surface area contributed by atoms with Gasteiger partial charge in [0, 0.05) is 27.1 Å². The summed E-state index contributed by atoms with van der Waals surface area (Å²) in [6.07, 6.45) is 0. The summed E-state index contributed by atoms with van der Waals surface area (Å²) in [5.41, 5.74) is 0.981. The number of halogens is 3. The summed E-state index contributed by atoms with van der Waals surface area (Å²) < 4.78 is 29.3. The average Bonchev–Trinajstić information content (AvgIpc) is 2.85. The van der Waals surface area contributed by atoms with Crippen molar-refractivity contribution in [1.29, 1.82) is 0 Å². The first kappa shape index (κ1) is 30.0. The highest BCUT2D eigenvalue weighted by atomic mass is 79.9. The molecule has 0 aromatic heterocycles. The van der Waals surface area contributed by atoms with Crippen LogP contribution in [0.2, 0.25) is 10.0 Å². The maximum Gasteiger partial charge on any atom is 0.264 e. The Hall–Kier alpha value is -2.59. The third-order valence-corrected chi connectivity index (χ3v) is 8.39. The summed E-state index contributed by atoms with van der Waals surface area (Å²) in [5, 5.41) is 3.51. The predicted octanol–water partition coefficient (Wildman–Crippen LogP) is 5.89. The van der Waals surface area contributed by atoms with E-state index in [1.54, 1.807) is 25.1 Å². The minimum atomic E-state index is -4.20. The van der Waals surface area contributed by atoms with Gasteiger partial charge in [0.15, 0.2) is 0 Å². The van der Waals surface area contributed by atoms with Crippen LogP contribution in [-0.4, -0.2) is 43.8 Å². The van der Waals surface area contributed by atoms with Gasteiger partial charge in [-0.2, -0.15) is 0 Å². The van der Waals surface area contributed by atoms with Crippen LogP contribution < -0.4 is 9.62 Å². The number of nitrogens with one attached hydrogen (secondary N) is 1. The third-order valence-electron chi connectivity index (χ3n) is 5.62. The molecule has 0 heterocycles. The first-order valence-electron chi connectivity index (χ1n) is 11.8. The van der Waals surface area contributed by atoms with Crippen LogP contribution in [-0.2, 0) is 26.2 Å². The zero-order valence-corrected chi connectivity index (χ0v) is 25.0. The Kier molecular flexibility index (Phi) is 10.2. The largest absolute Gasteiger partial charge is 0.352 e. The SMILES string of the molecule is CC(C)NC(=O)C(C)N(Cc1cccc(Br)c1)C(=O)CN(c1cccc(Cl)c1)S(=O)(=O)c1ccc(Cl)cc1. The molecule has 0 saturated heterocycles. The van der Waals surface area contributed by atoms with E-state index in [0.717, 1.165) is 14.3 Å². The van der Waals surface area contributed by atoms with Gasteiger partial charge in [-0.1, -0.05) is 57.3 Å². The molecule has 3 aromatic rings. The topological polar surface area (TPSA) is 86.8 Å². The van der Waals surface area contributed by atoms with Crippen LogP contribution in [0.1, 0.15) is 26.3 Å². The molecule has 0 radical (unpaired) electrons. The molecule has 1 N–H and O–H groups in total. The monoisotopic (exact) mass is 639 g/mol. The molecule has 0 bridgehead atoms. The molecule has 0 spiro atoms. The Balaban J connectivity index is 2.03. The summed E-state index contributed by atoms with van der Waals surface area (Å²) in [6, 6.07) is 18.2. The van der Waals surface area contributed by atoms with Crippen molar-refractivity contribution >= 4 is 66.7 Å². The maximum atomic E-state index is 13.8. The quantitative estimate of drug-likeness (QED) is 0.299. The molecule has 1 unspecified atom stereocenters. The molecular formula is C27H28BrCl2N3O4S. The van der Waals surface area contributed by atoms with E-state index in [-0.39, 0.29) is 29.1 Å². The third kappa shape index (κ3) is 7.72. The van der Waals surface area contributed by atoms with Crippen LogP contribution in [0.4, 0.5) is 5.69 Å². The highest BCUT2D eigenvalue weighted by Gasteiger charge is 2.32. The van der Waals surface area contributed by atoms with Gasteiger partial charge >= 0.3 is 0 Å². The fourth-order valence-corrected chi connectivity index (χ4v) is 5.88. The second-order valence-electron chi connectivity index (χ2n) is 8.94. The Labute approximate surface area is 241 Å². The summed E-state index contributed by atoms with van der Waals surface area (Å²) in [7, 11) is -4.20. The van der Waals surface area contributed by atoms with Crippen LogP contribution in [0.5, 0.6) is 0 Å². The minimum Gasteiger partial charge on any atom is -0.352 e. The number of carbonyl (C=O) groups is 2. The molecule has 3 aromatic carbocycles. The average molecular weight is 641 g/mol. The van der Waals surface area contributed by atoms with Crippen molar-refractivity contribution in [3.8, 4) is 0 Å². The molecule has 7 nitrogen and oxygen atoms in total. The molecule has 2 amide bonds. The molecule has 3 rings (SSSR count). The molecule has 202 valence electrons. The van der Waals surface area contributed by atoms with E-state index in [0.29, 0.717) is 10.0 Å². The van der Waals surface area contributed by atoms with Gasteiger partial charge in [0.1, 0.15) is 12.6 Å². The minimum absolute atomic E-state index is 0.0428. The number of rotatable bonds is 10. The van der Waals surface area contributed by atoms with E-state index in [1.165, 1.54) is 35.2 Å². The van der Waals surface area contributed by atoms with Crippen molar-refractivity contribution in [2.24, 2.45) is 0 Å². The van der Waals surface area contributed by atoms with E-state index in [4.69, 9.17) is 23.2 Å². The van der Waals surface area contributed by atoms with Gasteiger partial charge < -0.3 is 10.2 Å². The van der Waals surface area contributed by atoms with E-state index in [9.17, 15) is 18.0 Å². The van der Waals surface area contributed by atoms with Crippen LogP contribution in [0.15, 0.2) is 82.2 Å². The normalized spacial score (nSPS) is 12.2. The smallest absolute Gasteiger partial charge is 0.264 e. The fourth-order valence-electron chi connectivity index (χ4n) is 3.71. The fraction of sp³-hybridized carbons (Fsp3) is 0.259. The van der Waals surface area contributed by atoms with E-state index >= 15 is 0 Å². The lowest BCUT2D eigenvalue weighted by atomic mass is 10.1. The van der Waals surface area contributed by atoms with Gasteiger partial charge in [-0.15, -0.1) is 0 Å². The lowest BCUT2D eigenvalue weighted by molar-refractivity contribution is -0.139. The van der Waals surface area contributed by atoms with Gasteiger partial charge in [-0.3, -0.25) is 13.9 Å². The Morgan fingerprint density at radius 1 is 0.921 bits per heavy atom. The molecule has 0 saturated carbocycles. The standard InChI is InChI=1S/C27H28BrCl2N3O4S/c1-18(2)31-27(35)19(3)32(16-20-6-4-7-21(28)14-20)26(34)17-33(24-9-5-8-23(30)15-24)38(36,37)25-12-10-22(29)11-13-25/h4-15,18-19H,16-17H2,1-3H3,(H,31,35). The Morgan fingerprint density at radius 2 is 1.58 bits per heavy atom. The number of sulfonamides is 1. The number of nitrogens with zero attached hydrogens (tertiary/aromatic N) is 2. The summed E-state index contributed by atoms with van der Waals surface area (Å²) in [5.74, 6) is -0.910. The molecule has 0 aliphatic heterocycles. The zero-order valence-electron chi connectivity index (χ0n) is 21.1. The number of anilines is 1. The number of carbonyl (C=O) groups excluding carboxylic acids is 2. The number of hydrogen-bond acceptors (Lipinski definition) is 4. The van der Waals surface area contributed by atoms with Crippen molar-refractivity contribution in [1.82, 2.24) is 10.2 Å². The van der Waals surface area contributed by atoms with Crippen molar-refractivity contribution in [2.75, 3.05) is 10.8 Å². The van der Waals surface area contributed by atoms with Crippen molar-refractivity contribution in [3.05, 3.63) is 92.9 Å². The highest BCUT2D eigenvalue weighted by Crippen LogP contribution is 2.27. The van der Waals surface area contributed by atoms with Crippen molar-refractivity contribution < 1.29 is 18.0 Å². The zero-order chi connectivity index (χ0) is 28.0. The Bertz CT molecular complexity index is 1400. The second kappa shape index (κ2) is 13.0. The van der Waals surface area contributed by atoms with Gasteiger partial charge in [0.25, 0.3) is 10.0 Å². The number of amides is 2. The van der Waals surface area contributed by atoms with E-state index in [2.05, 4.69) is 21.2 Å². The van der Waals surface area contributed by atoms with Gasteiger partial charge in [-0.25, -0.2) is 8.42 Å². The molecule has 0 fully saturated rings. The molecule has 0 aliphatic rings. The maximum absolute atomic E-state index is 13.8. The summed E-state index contributed by atoms with van der Waals surface area (Å²) >= 11 is 15.6. The molecule has 1 atom stereocenters. The first-order valence-corrected chi connectivity index (χ1v) is 14.8. The summed E-state index contributed by atoms with van der Waals surface area (Å²) in [4.78, 5) is 28.1. The van der Waals surface area contributed by atoms with Crippen molar-refractivity contribution in [2.45, 2.75) is 44.3 Å². The molecule has 38 heavy (non-hydrogen) atoms. The first-order chi connectivity index (χ1) is 17.9. The number of hydrogen-bond donors (Lipinski definition) is 1. The molecular weight excluding hydrogens is 613 g/mol. The molecule has 11 heteroatoms. The lowest BCUT2D eigenvalue weighted by Crippen LogP contribution is -2.52. The van der Waals surface area contributed by atoms with Gasteiger partial charge in [0.05, 0.1) is 10.6 Å².